The maximum Gasteiger partial charge on any atom is 0.338 e. The monoisotopic (exact) mass is 568 g/mol. The largest absolute Gasteiger partial charge is 0.494 e. The van der Waals surface area contributed by atoms with Crippen molar-refractivity contribution in [2.45, 2.75) is 18.1 Å². The molecule has 1 aromatic heterocycles. The van der Waals surface area contributed by atoms with E-state index < -0.39 is 21.0 Å². The summed E-state index contributed by atoms with van der Waals surface area (Å²) in [6.45, 7) is 3.69. The number of anilines is 1. The lowest BCUT2D eigenvalue weighted by Gasteiger charge is -2.18. The number of aromatic nitrogens is 1. The SMILES string of the molecule is C=CCc1ccc(OCOC)c(NS(=O)(=O)c2noc3cc(C(=O)OC)cc(OCc4ccccc4)c23)c1OC. The van der Waals surface area contributed by atoms with Gasteiger partial charge in [0, 0.05) is 12.7 Å². The van der Waals surface area contributed by atoms with E-state index in [1.54, 1.807) is 18.2 Å². The number of rotatable bonds is 13. The lowest BCUT2D eigenvalue weighted by Crippen LogP contribution is -2.16. The van der Waals surface area contributed by atoms with Crippen LogP contribution < -0.4 is 18.9 Å². The lowest BCUT2D eigenvalue weighted by molar-refractivity contribution is 0.0515. The summed E-state index contributed by atoms with van der Waals surface area (Å²) in [6, 6.07) is 15.3. The molecule has 40 heavy (non-hydrogen) atoms. The molecule has 1 N–H and O–H groups in total. The van der Waals surface area contributed by atoms with E-state index in [0.29, 0.717) is 12.0 Å². The normalized spacial score (nSPS) is 11.2. The van der Waals surface area contributed by atoms with E-state index in [9.17, 15) is 13.2 Å². The van der Waals surface area contributed by atoms with Gasteiger partial charge >= 0.3 is 5.97 Å². The molecule has 0 aliphatic rings. The maximum absolute atomic E-state index is 13.8. The van der Waals surface area contributed by atoms with Crippen LogP contribution in [0.4, 0.5) is 5.69 Å². The standard InChI is InChI=1S/C28H28N2O9S/c1-5-9-19-12-13-21(38-17-34-2)25(26(19)35-3)30-40(32,33)27-24-22(37-16-18-10-7-6-8-11-18)14-20(28(31)36-4)15-23(24)39-29-27/h5-8,10-15,30H,1,9,16-17H2,2-4H3. The van der Waals surface area contributed by atoms with E-state index in [0.717, 1.165) is 5.56 Å². The average Bonchev–Trinajstić information content (AvgIpc) is 3.41. The second-order valence-electron chi connectivity index (χ2n) is 8.38. The highest BCUT2D eigenvalue weighted by atomic mass is 32.2. The zero-order valence-corrected chi connectivity index (χ0v) is 22.9. The van der Waals surface area contributed by atoms with Crippen LogP contribution in [-0.4, -0.2) is 47.7 Å². The molecule has 4 rings (SSSR count). The van der Waals surface area contributed by atoms with Gasteiger partial charge in [-0.2, -0.15) is 8.42 Å². The molecule has 4 aromatic rings. The van der Waals surface area contributed by atoms with Crippen LogP contribution in [0.1, 0.15) is 21.5 Å². The molecule has 3 aromatic carbocycles. The Morgan fingerprint density at radius 1 is 1.05 bits per heavy atom. The third-order valence-electron chi connectivity index (χ3n) is 5.76. The van der Waals surface area contributed by atoms with E-state index >= 15 is 0 Å². The smallest absolute Gasteiger partial charge is 0.338 e. The molecule has 0 fully saturated rings. The zero-order valence-electron chi connectivity index (χ0n) is 22.1. The molecule has 0 radical (unpaired) electrons. The van der Waals surface area contributed by atoms with Gasteiger partial charge in [0.1, 0.15) is 29.2 Å². The Balaban J connectivity index is 1.83. The predicted octanol–water partition coefficient (Wildman–Crippen LogP) is 4.71. The van der Waals surface area contributed by atoms with E-state index in [2.05, 4.69) is 16.5 Å². The Bertz CT molecular complexity index is 1620. The van der Waals surface area contributed by atoms with E-state index in [-0.39, 0.29) is 52.9 Å². The third kappa shape index (κ3) is 6.03. The Kier molecular flexibility index (Phi) is 8.92. The molecular weight excluding hydrogens is 540 g/mol. The first kappa shape index (κ1) is 28.5. The Labute approximate surface area is 231 Å². The number of carbonyl (C=O) groups excluding carboxylic acids is 1. The van der Waals surface area contributed by atoms with Gasteiger partial charge in [-0.25, -0.2) is 4.79 Å². The van der Waals surface area contributed by atoms with Crippen molar-refractivity contribution < 1.29 is 41.4 Å². The number of ether oxygens (including phenoxy) is 5. The van der Waals surface area contributed by atoms with Gasteiger partial charge in [0.15, 0.2) is 18.1 Å². The Hall–Kier alpha value is -4.55. The highest BCUT2D eigenvalue weighted by Gasteiger charge is 2.30. The van der Waals surface area contributed by atoms with Gasteiger partial charge in [-0.15, -0.1) is 6.58 Å². The summed E-state index contributed by atoms with van der Waals surface area (Å²) < 4.78 is 62.4. The zero-order chi connectivity index (χ0) is 28.7. The van der Waals surface area contributed by atoms with Crippen molar-refractivity contribution in [2.75, 3.05) is 32.8 Å². The lowest BCUT2D eigenvalue weighted by atomic mass is 10.1. The molecule has 0 aliphatic heterocycles. The van der Waals surface area contributed by atoms with Crippen LogP contribution >= 0.6 is 0 Å². The molecule has 210 valence electrons. The molecular formula is C28H28N2O9S. The number of allylic oxidation sites excluding steroid dienone is 1. The molecule has 11 nitrogen and oxygen atoms in total. The highest BCUT2D eigenvalue weighted by molar-refractivity contribution is 7.92. The Morgan fingerprint density at radius 2 is 1.82 bits per heavy atom. The fraction of sp³-hybridized carbons (Fsp3) is 0.214. The van der Waals surface area contributed by atoms with Crippen LogP contribution in [0.25, 0.3) is 11.0 Å². The number of sulfonamides is 1. The van der Waals surface area contributed by atoms with Gasteiger partial charge < -0.3 is 28.2 Å². The third-order valence-corrected chi connectivity index (χ3v) is 7.02. The molecule has 0 unspecified atom stereocenters. The van der Waals surface area contributed by atoms with Crippen LogP contribution in [0.15, 0.2) is 76.8 Å². The average molecular weight is 569 g/mol. The van der Waals surface area contributed by atoms with Crippen LogP contribution in [-0.2, 0) is 32.5 Å². The minimum Gasteiger partial charge on any atom is -0.494 e. The number of methoxy groups -OCH3 is 3. The number of fused-ring (bicyclic) bond motifs is 1. The van der Waals surface area contributed by atoms with E-state index in [1.165, 1.54) is 33.5 Å². The van der Waals surface area contributed by atoms with Crippen molar-refractivity contribution in [3.05, 3.63) is 83.9 Å². The molecule has 1 heterocycles. The molecule has 0 amide bonds. The fourth-order valence-corrected chi connectivity index (χ4v) is 5.12. The number of nitrogens with one attached hydrogen (secondary N) is 1. The fourth-order valence-electron chi connectivity index (χ4n) is 3.96. The number of carbonyl (C=O) groups is 1. The van der Waals surface area contributed by atoms with Crippen LogP contribution in [0.5, 0.6) is 17.2 Å². The highest BCUT2D eigenvalue weighted by Crippen LogP contribution is 2.41. The minimum absolute atomic E-state index is 0.00886. The summed E-state index contributed by atoms with van der Waals surface area (Å²) in [7, 11) is -0.349. The van der Waals surface area contributed by atoms with Crippen molar-refractivity contribution in [2.24, 2.45) is 0 Å². The molecule has 12 heteroatoms. The molecule has 0 atom stereocenters. The topological polar surface area (TPSA) is 135 Å². The first-order chi connectivity index (χ1) is 19.3. The van der Waals surface area contributed by atoms with Crippen LogP contribution in [0.2, 0.25) is 0 Å². The summed E-state index contributed by atoms with van der Waals surface area (Å²) in [4.78, 5) is 12.3. The molecule has 0 saturated heterocycles. The summed E-state index contributed by atoms with van der Waals surface area (Å²) in [5, 5.41) is 3.41. The van der Waals surface area contributed by atoms with Gasteiger partial charge in [-0.05, 0) is 30.2 Å². The van der Waals surface area contributed by atoms with Crippen molar-refractivity contribution >= 4 is 32.6 Å². The summed E-state index contributed by atoms with van der Waals surface area (Å²) in [6.07, 6.45) is 2.06. The summed E-state index contributed by atoms with van der Waals surface area (Å²) >= 11 is 0. The van der Waals surface area contributed by atoms with Gasteiger partial charge in [0.25, 0.3) is 10.0 Å². The van der Waals surface area contributed by atoms with E-state index in [1.807, 2.05) is 30.3 Å². The summed E-state index contributed by atoms with van der Waals surface area (Å²) in [5.74, 6) is -0.199. The Morgan fingerprint density at radius 3 is 2.50 bits per heavy atom. The van der Waals surface area contributed by atoms with Crippen molar-refractivity contribution in [3.8, 4) is 17.2 Å². The number of hydrogen-bond donors (Lipinski definition) is 1. The van der Waals surface area contributed by atoms with Crippen LogP contribution in [0.3, 0.4) is 0 Å². The molecule has 0 spiro atoms. The number of benzene rings is 3. The quantitative estimate of drug-likeness (QED) is 0.137. The molecule has 0 saturated carbocycles. The van der Waals surface area contributed by atoms with Gasteiger partial charge in [0.2, 0.25) is 5.03 Å². The van der Waals surface area contributed by atoms with Gasteiger partial charge in [-0.3, -0.25) is 4.72 Å². The first-order valence-corrected chi connectivity index (χ1v) is 13.4. The predicted molar refractivity (Wildman–Crippen MR) is 146 cm³/mol. The van der Waals surface area contributed by atoms with Crippen molar-refractivity contribution in [1.29, 1.82) is 0 Å². The number of nitrogens with zero attached hydrogens (tertiary/aromatic N) is 1. The molecule has 0 aliphatic carbocycles. The van der Waals surface area contributed by atoms with Crippen molar-refractivity contribution in [1.82, 2.24) is 5.16 Å². The second-order valence-corrected chi connectivity index (χ2v) is 9.98. The van der Waals surface area contributed by atoms with E-state index in [4.69, 9.17) is 28.2 Å². The first-order valence-electron chi connectivity index (χ1n) is 12.0. The summed E-state index contributed by atoms with van der Waals surface area (Å²) in [5.41, 5.74) is 1.63. The van der Waals surface area contributed by atoms with Crippen molar-refractivity contribution in [3.63, 3.8) is 0 Å². The van der Waals surface area contributed by atoms with Gasteiger partial charge in [-0.1, -0.05) is 47.6 Å². The maximum atomic E-state index is 13.8. The minimum atomic E-state index is -4.43. The number of esters is 1. The van der Waals surface area contributed by atoms with Gasteiger partial charge in [0.05, 0.1) is 19.8 Å². The molecule has 0 bridgehead atoms. The van der Waals surface area contributed by atoms with Crippen LogP contribution in [0, 0.1) is 0 Å². The number of hydrogen-bond acceptors (Lipinski definition) is 10. The second kappa shape index (κ2) is 12.5.